The predicted octanol–water partition coefficient (Wildman–Crippen LogP) is 2.32. The van der Waals surface area contributed by atoms with Crippen molar-refractivity contribution < 1.29 is 4.74 Å². The van der Waals surface area contributed by atoms with Crippen LogP contribution in [0.25, 0.3) is 0 Å². The summed E-state index contributed by atoms with van der Waals surface area (Å²) in [4.78, 5) is 2.60. The van der Waals surface area contributed by atoms with E-state index < -0.39 is 0 Å². The molecule has 0 saturated carbocycles. The van der Waals surface area contributed by atoms with Crippen molar-refractivity contribution in [2.24, 2.45) is 5.92 Å². The van der Waals surface area contributed by atoms with Gasteiger partial charge in [0.2, 0.25) is 0 Å². The van der Waals surface area contributed by atoms with Gasteiger partial charge in [0, 0.05) is 31.8 Å². The van der Waals surface area contributed by atoms with E-state index in [9.17, 15) is 0 Å². The molecule has 21 heavy (non-hydrogen) atoms. The standard InChI is InChI=1S/C18H28N2O/c1-15(17-9-12-21-14-17)19-18-8-11-20(13-18)10-7-16-5-3-2-4-6-16/h2-6,15,17-19H,7-14H2,1H3. The number of hydrogen-bond acceptors (Lipinski definition) is 3. The van der Waals surface area contributed by atoms with Gasteiger partial charge < -0.3 is 15.0 Å². The van der Waals surface area contributed by atoms with Crippen LogP contribution in [0.4, 0.5) is 0 Å². The number of ether oxygens (including phenoxy) is 1. The highest BCUT2D eigenvalue weighted by Gasteiger charge is 2.27. The van der Waals surface area contributed by atoms with Crippen LogP contribution in [0.15, 0.2) is 30.3 Å². The van der Waals surface area contributed by atoms with Crippen molar-refractivity contribution >= 4 is 0 Å². The van der Waals surface area contributed by atoms with E-state index in [4.69, 9.17) is 4.74 Å². The molecule has 3 atom stereocenters. The monoisotopic (exact) mass is 288 g/mol. The van der Waals surface area contributed by atoms with Gasteiger partial charge in [0.1, 0.15) is 0 Å². The van der Waals surface area contributed by atoms with Crippen LogP contribution in [0.5, 0.6) is 0 Å². The second-order valence-corrected chi connectivity index (χ2v) is 6.60. The van der Waals surface area contributed by atoms with Gasteiger partial charge in [-0.3, -0.25) is 0 Å². The maximum absolute atomic E-state index is 5.50. The van der Waals surface area contributed by atoms with Crippen LogP contribution in [0.3, 0.4) is 0 Å². The van der Waals surface area contributed by atoms with Crippen LogP contribution in [-0.4, -0.2) is 49.8 Å². The van der Waals surface area contributed by atoms with E-state index in [0.29, 0.717) is 18.0 Å². The predicted molar refractivity (Wildman–Crippen MR) is 86.5 cm³/mol. The van der Waals surface area contributed by atoms with E-state index in [1.54, 1.807) is 0 Å². The zero-order valence-corrected chi connectivity index (χ0v) is 13.1. The summed E-state index contributed by atoms with van der Waals surface area (Å²) in [6.07, 6.45) is 3.67. The number of nitrogens with one attached hydrogen (secondary N) is 1. The molecule has 3 heteroatoms. The Morgan fingerprint density at radius 3 is 2.90 bits per heavy atom. The van der Waals surface area contributed by atoms with Crippen molar-refractivity contribution in [2.75, 3.05) is 32.8 Å². The third-order valence-electron chi connectivity index (χ3n) is 5.00. The Kier molecular flexibility index (Phi) is 5.28. The Balaban J connectivity index is 1.38. The van der Waals surface area contributed by atoms with Crippen molar-refractivity contribution in [3.8, 4) is 0 Å². The summed E-state index contributed by atoms with van der Waals surface area (Å²) < 4.78 is 5.50. The van der Waals surface area contributed by atoms with Gasteiger partial charge >= 0.3 is 0 Å². The molecule has 2 aliphatic rings. The molecule has 0 bridgehead atoms. The zero-order chi connectivity index (χ0) is 14.5. The summed E-state index contributed by atoms with van der Waals surface area (Å²) in [5, 5.41) is 3.83. The van der Waals surface area contributed by atoms with E-state index in [2.05, 4.69) is 47.5 Å². The summed E-state index contributed by atoms with van der Waals surface area (Å²) >= 11 is 0. The molecule has 0 radical (unpaired) electrons. The normalized spacial score (nSPS) is 28.0. The number of nitrogens with zero attached hydrogens (tertiary/aromatic N) is 1. The molecule has 116 valence electrons. The van der Waals surface area contributed by atoms with Crippen LogP contribution in [0.1, 0.15) is 25.3 Å². The van der Waals surface area contributed by atoms with Gasteiger partial charge in [-0.25, -0.2) is 0 Å². The fraction of sp³-hybridized carbons (Fsp3) is 0.667. The highest BCUT2D eigenvalue weighted by Crippen LogP contribution is 2.19. The van der Waals surface area contributed by atoms with Crippen molar-refractivity contribution in [1.82, 2.24) is 10.2 Å². The number of likely N-dealkylation sites (tertiary alicyclic amines) is 1. The average molecular weight is 288 g/mol. The molecule has 3 nitrogen and oxygen atoms in total. The molecule has 1 aromatic carbocycles. The molecule has 1 N–H and O–H groups in total. The molecule has 3 rings (SSSR count). The summed E-state index contributed by atoms with van der Waals surface area (Å²) in [5.41, 5.74) is 1.45. The Hall–Kier alpha value is -0.900. The quantitative estimate of drug-likeness (QED) is 0.869. The first kappa shape index (κ1) is 15.0. The highest BCUT2D eigenvalue weighted by molar-refractivity contribution is 5.14. The number of hydrogen-bond donors (Lipinski definition) is 1. The average Bonchev–Trinajstić information content (AvgIpc) is 3.18. The molecule has 2 fully saturated rings. The van der Waals surface area contributed by atoms with Gasteiger partial charge in [-0.1, -0.05) is 30.3 Å². The van der Waals surface area contributed by atoms with E-state index in [1.165, 1.54) is 44.5 Å². The lowest BCUT2D eigenvalue weighted by atomic mass is 10.00. The van der Waals surface area contributed by atoms with E-state index in [-0.39, 0.29) is 0 Å². The lowest BCUT2D eigenvalue weighted by molar-refractivity contribution is 0.176. The topological polar surface area (TPSA) is 24.5 Å². The van der Waals surface area contributed by atoms with Crippen LogP contribution in [0.2, 0.25) is 0 Å². The smallest absolute Gasteiger partial charge is 0.0509 e. The molecule has 0 spiro atoms. The first-order valence-corrected chi connectivity index (χ1v) is 8.41. The minimum Gasteiger partial charge on any atom is -0.381 e. The van der Waals surface area contributed by atoms with Crippen molar-refractivity contribution in [2.45, 2.75) is 38.3 Å². The van der Waals surface area contributed by atoms with Crippen LogP contribution >= 0.6 is 0 Å². The zero-order valence-electron chi connectivity index (χ0n) is 13.1. The molecule has 2 heterocycles. The molecule has 0 aromatic heterocycles. The van der Waals surface area contributed by atoms with E-state index >= 15 is 0 Å². The van der Waals surface area contributed by atoms with Crippen molar-refractivity contribution in [3.05, 3.63) is 35.9 Å². The fourth-order valence-corrected chi connectivity index (χ4v) is 3.56. The summed E-state index contributed by atoms with van der Waals surface area (Å²) in [6.45, 7) is 7.83. The molecule has 1 aromatic rings. The SMILES string of the molecule is CC(NC1CCN(CCc2ccccc2)C1)C1CCOC1. The van der Waals surface area contributed by atoms with Gasteiger partial charge in [0.15, 0.2) is 0 Å². The van der Waals surface area contributed by atoms with Gasteiger partial charge in [-0.2, -0.15) is 0 Å². The molecule has 2 saturated heterocycles. The Bertz CT molecular complexity index is 416. The van der Waals surface area contributed by atoms with Crippen molar-refractivity contribution in [3.63, 3.8) is 0 Å². The Labute approximate surface area is 128 Å². The second-order valence-electron chi connectivity index (χ2n) is 6.60. The third kappa shape index (κ3) is 4.29. The first-order valence-electron chi connectivity index (χ1n) is 8.41. The maximum Gasteiger partial charge on any atom is 0.0509 e. The minimum absolute atomic E-state index is 0.589. The van der Waals surface area contributed by atoms with Crippen LogP contribution < -0.4 is 5.32 Å². The molecule has 3 unspecified atom stereocenters. The second kappa shape index (κ2) is 7.39. The first-order chi connectivity index (χ1) is 10.3. The van der Waals surface area contributed by atoms with Gasteiger partial charge in [-0.15, -0.1) is 0 Å². The molecule has 0 amide bonds. The van der Waals surface area contributed by atoms with Crippen LogP contribution in [-0.2, 0) is 11.2 Å². The largest absolute Gasteiger partial charge is 0.381 e. The summed E-state index contributed by atoms with van der Waals surface area (Å²) in [7, 11) is 0. The molecular formula is C18H28N2O. The van der Waals surface area contributed by atoms with Gasteiger partial charge in [0.05, 0.1) is 6.61 Å². The van der Waals surface area contributed by atoms with Gasteiger partial charge in [-0.05, 0) is 44.2 Å². The molecule has 0 aliphatic carbocycles. The lowest BCUT2D eigenvalue weighted by Crippen LogP contribution is -2.42. The van der Waals surface area contributed by atoms with E-state index in [0.717, 1.165) is 13.2 Å². The number of benzene rings is 1. The minimum atomic E-state index is 0.589. The maximum atomic E-state index is 5.50. The van der Waals surface area contributed by atoms with E-state index in [1.807, 2.05) is 0 Å². The summed E-state index contributed by atoms with van der Waals surface area (Å²) in [5.74, 6) is 0.711. The molecular weight excluding hydrogens is 260 g/mol. The highest BCUT2D eigenvalue weighted by atomic mass is 16.5. The summed E-state index contributed by atoms with van der Waals surface area (Å²) in [6, 6.07) is 12.1. The van der Waals surface area contributed by atoms with Crippen LogP contribution in [0, 0.1) is 5.92 Å². The third-order valence-corrected chi connectivity index (χ3v) is 5.00. The molecule has 2 aliphatic heterocycles. The Morgan fingerprint density at radius 1 is 1.29 bits per heavy atom. The lowest BCUT2D eigenvalue weighted by Gasteiger charge is -2.24. The van der Waals surface area contributed by atoms with Gasteiger partial charge in [0.25, 0.3) is 0 Å². The van der Waals surface area contributed by atoms with Crippen molar-refractivity contribution in [1.29, 1.82) is 0 Å². The fourth-order valence-electron chi connectivity index (χ4n) is 3.56. The number of rotatable bonds is 6. The Morgan fingerprint density at radius 2 is 2.14 bits per heavy atom.